The average molecular weight is 260 g/mol. The lowest BCUT2D eigenvalue weighted by molar-refractivity contribution is 0.0668. The maximum Gasteiger partial charge on any atom is 0.0674 e. The summed E-state index contributed by atoms with van der Waals surface area (Å²) in [5.74, 6) is 0. The standard InChI is InChI=1S/C16H24N2O/c1-13-11-18(7-2-8-19-13)12-14-3-4-15-5-6-17-10-16(15)9-14/h3-4,9,13,17H,2,5-8,10-12H2,1H3. The predicted octanol–water partition coefficient (Wildman–Crippen LogP) is 1.94. The number of fused-ring (bicyclic) bond motifs is 1. The maximum absolute atomic E-state index is 5.71. The molecule has 1 atom stereocenters. The zero-order valence-electron chi connectivity index (χ0n) is 11.8. The molecule has 1 unspecified atom stereocenters. The third-order valence-electron chi connectivity index (χ3n) is 4.10. The fraction of sp³-hybridized carbons (Fsp3) is 0.625. The Morgan fingerprint density at radius 1 is 1.37 bits per heavy atom. The molecule has 0 bridgehead atoms. The molecule has 0 aliphatic carbocycles. The van der Waals surface area contributed by atoms with Crippen LogP contribution < -0.4 is 5.32 Å². The van der Waals surface area contributed by atoms with Crippen LogP contribution in [0.25, 0.3) is 0 Å². The van der Waals surface area contributed by atoms with E-state index in [2.05, 4.69) is 35.3 Å². The van der Waals surface area contributed by atoms with Gasteiger partial charge in [0.1, 0.15) is 0 Å². The quantitative estimate of drug-likeness (QED) is 0.879. The molecule has 0 amide bonds. The average Bonchev–Trinajstić information content (AvgIpc) is 2.63. The SMILES string of the molecule is CC1CN(Cc2ccc3c(c2)CNCC3)CCCO1. The Labute approximate surface area is 115 Å². The molecule has 0 saturated carbocycles. The van der Waals surface area contributed by atoms with Gasteiger partial charge in [-0.2, -0.15) is 0 Å². The summed E-state index contributed by atoms with van der Waals surface area (Å²) in [7, 11) is 0. The maximum atomic E-state index is 5.71. The van der Waals surface area contributed by atoms with Gasteiger partial charge in [-0.25, -0.2) is 0 Å². The van der Waals surface area contributed by atoms with Crippen molar-refractivity contribution in [2.24, 2.45) is 0 Å². The second kappa shape index (κ2) is 6.04. The molecule has 0 aromatic heterocycles. The molecule has 19 heavy (non-hydrogen) atoms. The zero-order chi connectivity index (χ0) is 13.1. The zero-order valence-corrected chi connectivity index (χ0v) is 11.8. The van der Waals surface area contributed by atoms with E-state index in [1.807, 2.05) is 0 Å². The number of hydrogen-bond donors (Lipinski definition) is 1. The van der Waals surface area contributed by atoms with Gasteiger partial charge in [-0.1, -0.05) is 18.2 Å². The summed E-state index contributed by atoms with van der Waals surface area (Å²) in [6.07, 6.45) is 2.68. The summed E-state index contributed by atoms with van der Waals surface area (Å²) >= 11 is 0. The minimum Gasteiger partial charge on any atom is -0.377 e. The van der Waals surface area contributed by atoms with Crippen LogP contribution in [0.1, 0.15) is 30.0 Å². The Morgan fingerprint density at radius 2 is 2.32 bits per heavy atom. The molecule has 0 radical (unpaired) electrons. The lowest BCUT2D eigenvalue weighted by Gasteiger charge is -2.23. The van der Waals surface area contributed by atoms with Gasteiger partial charge in [0.15, 0.2) is 0 Å². The summed E-state index contributed by atoms with van der Waals surface area (Å²) in [4.78, 5) is 2.52. The molecule has 1 saturated heterocycles. The highest BCUT2D eigenvalue weighted by atomic mass is 16.5. The van der Waals surface area contributed by atoms with Crippen LogP contribution in [0.4, 0.5) is 0 Å². The third-order valence-corrected chi connectivity index (χ3v) is 4.10. The highest BCUT2D eigenvalue weighted by Gasteiger charge is 2.16. The number of ether oxygens (including phenoxy) is 1. The Balaban J connectivity index is 1.68. The van der Waals surface area contributed by atoms with E-state index < -0.39 is 0 Å². The Hall–Kier alpha value is -0.900. The van der Waals surface area contributed by atoms with E-state index in [0.29, 0.717) is 6.10 Å². The molecule has 104 valence electrons. The van der Waals surface area contributed by atoms with Crippen molar-refractivity contribution in [1.82, 2.24) is 10.2 Å². The third kappa shape index (κ3) is 3.35. The Morgan fingerprint density at radius 3 is 3.26 bits per heavy atom. The molecule has 3 heteroatoms. The highest BCUT2D eigenvalue weighted by Crippen LogP contribution is 2.18. The number of rotatable bonds is 2. The van der Waals surface area contributed by atoms with Crippen LogP contribution in [0.15, 0.2) is 18.2 Å². The van der Waals surface area contributed by atoms with Crippen LogP contribution in [-0.4, -0.2) is 37.2 Å². The minimum absolute atomic E-state index is 0.363. The first kappa shape index (κ1) is 13.1. The molecule has 1 aromatic rings. The lowest BCUT2D eigenvalue weighted by atomic mass is 9.98. The van der Waals surface area contributed by atoms with Gasteiger partial charge < -0.3 is 10.1 Å². The highest BCUT2D eigenvalue weighted by molar-refractivity contribution is 5.33. The van der Waals surface area contributed by atoms with Gasteiger partial charge in [0.05, 0.1) is 6.10 Å². The lowest BCUT2D eigenvalue weighted by Crippen LogP contribution is -2.30. The molecule has 2 heterocycles. The first-order chi connectivity index (χ1) is 9.31. The fourth-order valence-electron chi connectivity index (χ4n) is 3.11. The van der Waals surface area contributed by atoms with Crippen LogP contribution in [0.5, 0.6) is 0 Å². The minimum atomic E-state index is 0.363. The molecule has 0 spiro atoms. The molecular weight excluding hydrogens is 236 g/mol. The molecule has 3 rings (SSSR count). The van der Waals surface area contributed by atoms with E-state index in [0.717, 1.165) is 45.8 Å². The second-order valence-corrected chi connectivity index (χ2v) is 5.80. The van der Waals surface area contributed by atoms with E-state index in [9.17, 15) is 0 Å². The Bertz CT molecular complexity index is 433. The van der Waals surface area contributed by atoms with Gasteiger partial charge in [0, 0.05) is 32.8 Å². The van der Waals surface area contributed by atoms with E-state index >= 15 is 0 Å². The predicted molar refractivity (Wildman–Crippen MR) is 77.2 cm³/mol. The van der Waals surface area contributed by atoms with Crippen LogP contribution in [0, 0.1) is 0 Å². The molecule has 1 fully saturated rings. The van der Waals surface area contributed by atoms with Crippen LogP contribution in [-0.2, 0) is 24.2 Å². The van der Waals surface area contributed by atoms with Gasteiger partial charge in [-0.15, -0.1) is 0 Å². The Kier molecular flexibility index (Phi) is 4.16. The number of hydrogen-bond acceptors (Lipinski definition) is 3. The van der Waals surface area contributed by atoms with Crippen LogP contribution >= 0.6 is 0 Å². The van der Waals surface area contributed by atoms with Crippen molar-refractivity contribution in [1.29, 1.82) is 0 Å². The van der Waals surface area contributed by atoms with Gasteiger partial charge in [-0.05, 0) is 43.0 Å². The number of nitrogens with zero attached hydrogens (tertiary/aromatic N) is 1. The molecule has 3 nitrogen and oxygen atoms in total. The summed E-state index contributed by atoms with van der Waals surface area (Å²) in [5, 5.41) is 3.46. The van der Waals surface area contributed by atoms with Crippen molar-refractivity contribution in [3.8, 4) is 0 Å². The van der Waals surface area contributed by atoms with Crippen molar-refractivity contribution in [2.75, 3.05) is 26.2 Å². The topological polar surface area (TPSA) is 24.5 Å². The van der Waals surface area contributed by atoms with Crippen molar-refractivity contribution in [2.45, 2.75) is 39.0 Å². The van der Waals surface area contributed by atoms with E-state index in [4.69, 9.17) is 4.74 Å². The molecular formula is C16H24N2O. The summed E-state index contributed by atoms with van der Waals surface area (Å²) < 4.78 is 5.71. The van der Waals surface area contributed by atoms with Gasteiger partial charge in [0.2, 0.25) is 0 Å². The van der Waals surface area contributed by atoms with E-state index in [1.54, 1.807) is 0 Å². The number of nitrogens with one attached hydrogen (secondary N) is 1. The number of benzene rings is 1. The van der Waals surface area contributed by atoms with Gasteiger partial charge in [-0.3, -0.25) is 4.90 Å². The fourth-order valence-corrected chi connectivity index (χ4v) is 3.11. The summed E-state index contributed by atoms with van der Waals surface area (Å²) in [6, 6.07) is 7.02. The first-order valence-electron chi connectivity index (χ1n) is 7.46. The van der Waals surface area contributed by atoms with Crippen molar-refractivity contribution in [3.63, 3.8) is 0 Å². The molecule has 2 aliphatic rings. The van der Waals surface area contributed by atoms with E-state index in [-0.39, 0.29) is 0 Å². The molecule has 1 aromatic carbocycles. The van der Waals surface area contributed by atoms with Gasteiger partial charge in [0.25, 0.3) is 0 Å². The first-order valence-corrected chi connectivity index (χ1v) is 7.46. The second-order valence-electron chi connectivity index (χ2n) is 5.80. The monoisotopic (exact) mass is 260 g/mol. The van der Waals surface area contributed by atoms with Crippen LogP contribution in [0.3, 0.4) is 0 Å². The summed E-state index contributed by atoms with van der Waals surface area (Å²) in [6.45, 7) is 8.49. The van der Waals surface area contributed by atoms with Gasteiger partial charge >= 0.3 is 0 Å². The van der Waals surface area contributed by atoms with Crippen molar-refractivity contribution >= 4 is 0 Å². The smallest absolute Gasteiger partial charge is 0.0674 e. The molecule has 2 aliphatic heterocycles. The van der Waals surface area contributed by atoms with Crippen LogP contribution in [0.2, 0.25) is 0 Å². The summed E-state index contributed by atoms with van der Waals surface area (Å²) in [5.41, 5.74) is 4.45. The van der Waals surface area contributed by atoms with Crippen molar-refractivity contribution < 1.29 is 4.74 Å². The normalized spacial score (nSPS) is 24.8. The van der Waals surface area contributed by atoms with Crippen molar-refractivity contribution in [3.05, 3.63) is 34.9 Å². The van der Waals surface area contributed by atoms with E-state index in [1.165, 1.54) is 23.1 Å². The molecule has 1 N–H and O–H groups in total. The largest absolute Gasteiger partial charge is 0.377 e.